The van der Waals surface area contributed by atoms with Crippen LogP contribution in [0, 0.1) is 11.6 Å². The van der Waals surface area contributed by atoms with Crippen LogP contribution in [0.5, 0.6) is 0 Å². The first-order valence-corrected chi connectivity index (χ1v) is 5.68. The number of carbonyl (C=O) groups is 1. The molecule has 2 rings (SSSR count). The second-order valence-electron chi connectivity index (χ2n) is 3.78. The second kappa shape index (κ2) is 5.27. The Hall–Kier alpha value is -1.74. The van der Waals surface area contributed by atoms with E-state index in [2.05, 4.69) is 0 Å². The predicted octanol–water partition coefficient (Wildman–Crippen LogP) is 4.04. The molecule has 0 unspecified atom stereocenters. The third-order valence-electron chi connectivity index (χ3n) is 2.57. The molecule has 0 spiro atoms. The molecule has 0 bridgehead atoms. The van der Waals surface area contributed by atoms with E-state index in [1.54, 1.807) is 18.2 Å². The molecule has 4 heteroatoms. The summed E-state index contributed by atoms with van der Waals surface area (Å²) < 4.78 is 26.8. The van der Waals surface area contributed by atoms with Crippen molar-refractivity contribution < 1.29 is 13.6 Å². The lowest BCUT2D eigenvalue weighted by atomic mass is 10.0. The van der Waals surface area contributed by atoms with Crippen LogP contribution in [0.3, 0.4) is 0 Å². The average molecular weight is 267 g/mol. The van der Waals surface area contributed by atoms with Crippen LogP contribution in [0.2, 0.25) is 5.02 Å². The predicted molar refractivity (Wildman–Crippen MR) is 65.8 cm³/mol. The summed E-state index contributed by atoms with van der Waals surface area (Å²) in [6.07, 6.45) is -0.345. The molecule has 0 atom stereocenters. The van der Waals surface area contributed by atoms with E-state index in [9.17, 15) is 13.6 Å². The summed E-state index contributed by atoms with van der Waals surface area (Å²) in [6.45, 7) is 0. The molecular formula is C14H9ClF2O. The Morgan fingerprint density at radius 1 is 1.00 bits per heavy atom. The van der Waals surface area contributed by atoms with Crippen molar-refractivity contribution in [1.29, 1.82) is 0 Å². The van der Waals surface area contributed by atoms with E-state index in [0.29, 0.717) is 0 Å². The summed E-state index contributed by atoms with van der Waals surface area (Å²) in [5.74, 6) is -1.87. The molecule has 0 saturated carbocycles. The number of carbonyl (C=O) groups excluding carboxylic acids is 1. The Kier molecular flexibility index (Phi) is 3.72. The van der Waals surface area contributed by atoms with Gasteiger partial charge in [0.25, 0.3) is 0 Å². The Morgan fingerprint density at radius 2 is 1.61 bits per heavy atom. The largest absolute Gasteiger partial charge is 0.294 e. The van der Waals surface area contributed by atoms with E-state index in [1.165, 1.54) is 12.1 Å². The van der Waals surface area contributed by atoms with Crippen molar-refractivity contribution in [3.63, 3.8) is 0 Å². The van der Waals surface area contributed by atoms with Crippen LogP contribution < -0.4 is 0 Å². The molecule has 0 saturated heterocycles. The SMILES string of the molecule is O=C(Cc1c(F)cccc1F)c1ccccc1Cl. The molecule has 2 aromatic rings. The Morgan fingerprint density at radius 3 is 2.22 bits per heavy atom. The maximum Gasteiger partial charge on any atom is 0.168 e. The lowest BCUT2D eigenvalue weighted by Gasteiger charge is -2.05. The van der Waals surface area contributed by atoms with Crippen LogP contribution in [-0.2, 0) is 6.42 Å². The zero-order valence-electron chi connectivity index (χ0n) is 9.29. The lowest BCUT2D eigenvalue weighted by Crippen LogP contribution is -2.07. The first-order chi connectivity index (χ1) is 8.59. The van der Waals surface area contributed by atoms with E-state index >= 15 is 0 Å². The number of ketones is 1. The van der Waals surface area contributed by atoms with Crippen LogP contribution in [0.15, 0.2) is 42.5 Å². The smallest absolute Gasteiger partial charge is 0.168 e. The maximum absolute atomic E-state index is 13.4. The highest BCUT2D eigenvalue weighted by Gasteiger charge is 2.16. The van der Waals surface area contributed by atoms with Gasteiger partial charge in [-0.2, -0.15) is 0 Å². The van der Waals surface area contributed by atoms with Crippen LogP contribution in [0.4, 0.5) is 8.78 Å². The average Bonchev–Trinajstić information content (AvgIpc) is 2.34. The first-order valence-electron chi connectivity index (χ1n) is 5.30. The van der Waals surface area contributed by atoms with Crippen molar-refractivity contribution in [2.75, 3.05) is 0 Å². The topological polar surface area (TPSA) is 17.1 Å². The van der Waals surface area contributed by atoms with Gasteiger partial charge in [0, 0.05) is 17.5 Å². The van der Waals surface area contributed by atoms with Gasteiger partial charge in [0.2, 0.25) is 0 Å². The first kappa shape index (κ1) is 12.7. The van der Waals surface area contributed by atoms with Crippen molar-refractivity contribution in [3.8, 4) is 0 Å². The maximum atomic E-state index is 13.4. The van der Waals surface area contributed by atoms with Gasteiger partial charge in [-0.15, -0.1) is 0 Å². The molecule has 0 aromatic heterocycles. The molecule has 0 amide bonds. The van der Waals surface area contributed by atoms with Gasteiger partial charge in [-0.1, -0.05) is 29.8 Å². The van der Waals surface area contributed by atoms with Crippen LogP contribution in [0.1, 0.15) is 15.9 Å². The quantitative estimate of drug-likeness (QED) is 0.766. The molecule has 1 nitrogen and oxygen atoms in total. The molecule has 0 aliphatic carbocycles. The number of halogens is 3. The molecule has 92 valence electrons. The minimum absolute atomic E-state index is 0.234. The van der Waals surface area contributed by atoms with Crippen molar-refractivity contribution in [2.24, 2.45) is 0 Å². The van der Waals surface area contributed by atoms with Gasteiger partial charge in [0.05, 0.1) is 5.02 Å². The molecule has 0 radical (unpaired) electrons. The van der Waals surface area contributed by atoms with Gasteiger partial charge < -0.3 is 0 Å². The monoisotopic (exact) mass is 266 g/mol. The standard InChI is InChI=1S/C14H9ClF2O/c15-11-5-2-1-4-9(11)14(18)8-10-12(16)6-3-7-13(10)17/h1-7H,8H2. The summed E-state index contributed by atoms with van der Waals surface area (Å²) in [5, 5.41) is 0.277. The van der Waals surface area contributed by atoms with E-state index < -0.39 is 17.4 Å². The van der Waals surface area contributed by atoms with Gasteiger partial charge in [-0.05, 0) is 24.3 Å². The third-order valence-corrected chi connectivity index (χ3v) is 2.90. The van der Waals surface area contributed by atoms with Crippen LogP contribution in [-0.4, -0.2) is 5.78 Å². The number of hydrogen-bond donors (Lipinski definition) is 0. The van der Waals surface area contributed by atoms with E-state index in [4.69, 9.17) is 11.6 Å². The van der Waals surface area contributed by atoms with E-state index in [0.717, 1.165) is 12.1 Å². The van der Waals surface area contributed by atoms with Crippen LogP contribution >= 0.6 is 11.6 Å². The Balaban J connectivity index is 2.30. The molecule has 0 fully saturated rings. The summed E-state index contributed by atoms with van der Waals surface area (Å²) in [5.41, 5.74) is 0.0317. The molecule has 0 heterocycles. The lowest BCUT2D eigenvalue weighted by molar-refractivity contribution is 0.0990. The van der Waals surface area contributed by atoms with Crippen molar-refractivity contribution in [3.05, 3.63) is 70.2 Å². The normalized spacial score (nSPS) is 10.4. The van der Waals surface area contributed by atoms with E-state index in [-0.39, 0.29) is 22.6 Å². The highest BCUT2D eigenvalue weighted by atomic mass is 35.5. The fraction of sp³-hybridized carbons (Fsp3) is 0.0714. The minimum Gasteiger partial charge on any atom is -0.294 e. The summed E-state index contributed by atoms with van der Waals surface area (Å²) >= 11 is 5.86. The Labute approximate surface area is 108 Å². The fourth-order valence-electron chi connectivity index (χ4n) is 1.64. The number of benzene rings is 2. The second-order valence-corrected chi connectivity index (χ2v) is 4.19. The van der Waals surface area contributed by atoms with Crippen molar-refractivity contribution in [2.45, 2.75) is 6.42 Å². The molecule has 18 heavy (non-hydrogen) atoms. The number of Topliss-reactive ketones (excluding diaryl/α,β-unsaturated/α-hetero) is 1. The summed E-state index contributed by atoms with van der Waals surface area (Å²) in [6, 6.07) is 9.93. The molecule has 0 aliphatic heterocycles. The number of rotatable bonds is 3. The molecule has 0 N–H and O–H groups in total. The van der Waals surface area contributed by atoms with Crippen molar-refractivity contribution in [1.82, 2.24) is 0 Å². The molecule has 2 aromatic carbocycles. The summed E-state index contributed by atoms with van der Waals surface area (Å²) in [4.78, 5) is 11.9. The zero-order chi connectivity index (χ0) is 13.1. The highest BCUT2D eigenvalue weighted by Crippen LogP contribution is 2.19. The van der Waals surface area contributed by atoms with Crippen molar-refractivity contribution >= 4 is 17.4 Å². The zero-order valence-corrected chi connectivity index (χ0v) is 10.0. The molecule has 0 aliphatic rings. The Bertz CT molecular complexity index is 576. The minimum atomic E-state index is -0.726. The molecular weight excluding hydrogens is 258 g/mol. The summed E-state index contributed by atoms with van der Waals surface area (Å²) in [7, 11) is 0. The van der Waals surface area contributed by atoms with Crippen LogP contribution in [0.25, 0.3) is 0 Å². The fourth-order valence-corrected chi connectivity index (χ4v) is 1.89. The third kappa shape index (κ3) is 2.57. The number of hydrogen-bond acceptors (Lipinski definition) is 1. The van der Waals surface area contributed by atoms with Gasteiger partial charge in [0.1, 0.15) is 11.6 Å². The highest BCUT2D eigenvalue weighted by molar-refractivity contribution is 6.34. The van der Waals surface area contributed by atoms with Gasteiger partial charge in [0.15, 0.2) is 5.78 Å². The van der Waals surface area contributed by atoms with E-state index in [1.807, 2.05) is 0 Å². The van der Waals surface area contributed by atoms with Gasteiger partial charge in [-0.25, -0.2) is 8.78 Å². The van der Waals surface area contributed by atoms with Gasteiger partial charge >= 0.3 is 0 Å². The van der Waals surface area contributed by atoms with Gasteiger partial charge in [-0.3, -0.25) is 4.79 Å².